The summed E-state index contributed by atoms with van der Waals surface area (Å²) >= 11 is 6.96. The van der Waals surface area contributed by atoms with E-state index in [9.17, 15) is 4.79 Å². The molecule has 2 heterocycles. The van der Waals surface area contributed by atoms with Crippen molar-refractivity contribution in [1.82, 2.24) is 13.9 Å². The number of carbonyl (C=O) groups excluding carboxylic acids is 1. The highest BCUT2D eigenvalue weighted by molar-refractivity contribution is 6.35. The van der Waals surface area contributed by atoms with Crippen LogP contribution in [0.4, 0.5) is 5.69 Å². The Morgan fingerprint density at radius 3 is 2.45 bits per heavy atom. The lowest BCUT2D eigenvalue weighted by Crippen LogP contribution is -2.49. The highest BCUT2D eigenvalue weighted by atomic mass is 35.5. The van der Waals surface area contributed by atoms with E-state index in [0.29, 0.717) is 47.6 Å². The molecule has 1 unspecified atom stereocenters. The Balaban J connectivity index is 1.87. The standard InChI is InChI=1S/C34H43ClN3O4/c1-7-8-11-25-13-15-30(40-4)26(20-25)21-28-27(36-32-12-9-10-18-37(28)32)22-38(23-39,19-17-24(2)3)29-14-16-31(41-5)34(42-6)33(29)35/h9-10,12-16,18,20,23-24H,7-8,11,17,19,21-22H2,1-6H3/q+1. The first-order chi connectivity index (χ1) is 20.3. The monoisotopic (exact) mass is 592 g/mol. The average Bonchev–Trinajstić information content (AvgIpc) is 3.34. The van der Waals surface area contributed by atoms with Gasteiger partial charge in [0.15, 0.2) is 17.2 Å². The average molecular weight is 593 g/mol. The SMILES string of the molecule is CCCCc1ccc(OC)c(Cc2c(C[N+](C=O)(CCC(C)C)c3ccc(OC)c(OC)c3Cl)nc3ccccn23)c1. The number of halogens is 1. The van der Waals surface area contributed by atoms with Crippen molar-refractivity contribution in [2.45, 2.75) is 59.4 Å². The Labute approximate surface area is 254 Å². The molecule has 2 aromatic carbocycles. The van der Waals surface area contributed by atoms with Crippen molar-refractivity contribution in [1.29, 1.82) is 0 Å². The highest BCUT2D eigenvalue weighted by Crippen LogP contribution is 2.44. The molecule has 0 saturated heterocycles. The van der Waals surface area contributed by atoms with Gasteiger partial charge in [-0.2, -0.15) is 0 Å². The van der Waals surface area contributed by atoms with Gasteiger partial charge in [-0.3, -0.25) is 0 Å². The molecular formula is C34H43ClN3O4+. The molecule has 1 atom stereocenters. The van der Waals surface area contributed by atoms with Crippen molar-refractivity contribution in [3.8, 4) is 17.2 Å². The Morgan fingerprint density at radius 2 is 1.79 bits per heavy atom. The molecule has 0 bridgehead atoms. The van der Waals surface area contributed by atoms with Gasteiger partial charge in [0.05, 0.1) is 33.6 Å². The van der Waals surface area contributed by atoms with Crippen LogP contribution in [0, 0.1) is 5.92 Å². The van der Waals surface area contributed by atoms with Crippen LogP contribution in [0.15, 0.2) is 54.7 Å². The maximum absolute atomic E-state index is 13.3. The van der Waals surface area contributed by atoms with Crippen LogP contribution in [0.5, 0.6) is 17.2 Å². The molecule has 224 valence electrons. The molecule has 4 rings (SSSR count). The molecule has 42 heavy (non-hydrogen) atoms. The second-order valence-electron chi connectivity index (χ2n) is 11.2. The van der Waals surface area contributed by atoms with E-state index >= 15 is 0 Å². The van der Waals surface area contributed by atoms with Crippen LogP contribution in [-0.4, -0.2) is 43.7 Å². The Hall–Kier alpha value is -3.55. The lowest BCUT2D eigenvalue weighted by atomic mass is 10.0. The summed E-state index contributed by atoms with van der Waals surface area (Å²) in [6, 6.07) is 16.1. The molecule has 2 aromatic heterocycles. The van der Waals surface area contributed by atoms with E-state index in [0.717, 1.165) is 60.4 Å². The number of hydrogen-bond acceptors (Lipinski definition) is 5. The number of unbranched alkanes of at least 4 members (excludes halogenated alkanes) is 1. The third-order valence-electron chi connectivity index (χ3n) is 7.92. The molecule has 7 nitrogen and oxygen atoms in total. The van der Waals surface area contributed by atoms with E-state index in [1.807, 2.05) is 36.5 Å². The number of fused-ring (bicyclic) bond motifs is 1. The van der Waals surface area contributed by atoms with Crippen LogP contribution in [0.25, 0.3) is 5.65 Å². The molecule has 1 amide bonds. The van der Waals surface area contributed by atoms with Crippen molar-refractivity contribution in [2.75, 3.05) is 27.9 Å². The fourth-order valence-corrected chi connectivity index (χ4v) is 5.91. The van der Waals surface area contributed by atoms with Gasteiger partial charge < -0.3 is 18.6 Å². The first-order valence-corrected chi connectivity index (χ1v) is 15.0. The van der Waals surface area contributed by atoms with Crippen molar-refractivity contribution >= 4 is 29.3 Å². The Bertz CT molecular complexity index is 1520. The minimum atomic E-state index is -0.0259. The van der Waals surface area contributed by atoms with Crippen LogP contribution in [0.2, 0.25) is 5.02 Å². The second-order valence-corrected chi connectivity index (χ2v) is 11.6. The predicted octanol–water partition coefficient (Wildman–Crippen LogP) is 7.66. The first-order valence-electron chi connectivity index (χ1n) is 14.7. The van der Waals surface area contributed by atoms with Crippen molar-refractivity contribution in [3.63, 3.8) is 0 Å². The van der Waals surface area contributed by atoms with Gasteiger partial charge in [0.2, 0.25) is 0 Å². The molecule has 0 aliphatic carbocycles. The number of hydrogen-bond donors (Lipinski definition) is 0. The molecule has 0 N–H and O–H groups in total. The van der Waals surface area contributed by atoms with E-state index in [-0.39, 0.29) is 4.48 Å². The Morgan fingerprint density at radius 1 is 1.02 bits per heavy atom. The lowest BCUT2D eigenvalue weighted by Gasteiger charge is -2.33. The fraction of sp³-hybridized carbons (Fsp3) is 0.412. The number of pyridine rings is 1. The van der Waals surface area contributed by atoms with Gasteiger partial charge in [-0.1, -0.05) is 57.0 Å². The number of aromatic nitrogens is 2. The zero-order valence-electron chi connectivity index (χ0n) is 25.7. The van der Waals surface area contributed by atoms with E-state index in [2.05, 4.69) is 43.4 Å². The number of rotatable bonds is 15. The molecule has 0 saturated carbocycles. The summed E-state index contributed by atoms with van der Waals surface area (Å²) in [6.45, 7) is 7.41. The van der Waals surface area contributed by atoms with Crippen LogP contribution in [0.3, 0.4) is 0 Å². The third kappa shape index (κ3) is 6.58. The van der Waals surface area contributed by atoms with Crippen LogP contribution < -0.4 is 18.7 Å². The second kappa shape index (κ2) is 14.1. The number of quaternary nitrogens is 1. The summed E-state index contributed by atoms with van der Waals surface area (Å²) in [7, 11) is 4.83. The maximum atomic E-state index is 13.3. The lowest BCUT2D eigenvalue weighted by molar-refractivity contribution is -0.118. The minimum Gasteiger partial charge on any atom is -0.496 e. The largest absolute Gasteiger partial charge is 0.496 e. The number of imidazole rings is 1. The van der Waals surface area contributed by atoms with E-state index in [4.69, 9.17) is 30.8 Å². The summed E-state index contributed by atoms with van der Waals surface area (Å²) in [4.78, 5) is 18.3. The predicted molar refractivity (Wildman–Crippen MR) is 170 cm³/mol. The summed E-state index contributed by atoms with van der Waals surface area (Å²) in [5.41, 5.74) is 5.72. The van der Waals surface area contributed by atoms with Gasteiger partial charge in [0.1, 0.15) is 28.7 Å². The van der Waals surface area contributed by atoms with Crippen LogP contribution >= 0.6 is 11.6 Å². The van der Waals surface area contributed by atoms with E-state index in [1.165, 1.54) is 5.56 Å². The summed E-state index contributed by atoms with van der Waals surface area (Å²) in [5.74, 6) is 2.15. The third-order valence-corrected chi connectivity index (χ3v) is 8.28. The summed E-state index contributed by atoms with van der Waals surface area (Å²) in [6.07, 6.45) is 7.74. The van der Waals surface area contributed by atoms with Crippen LogP contribution in [0.1, 0.15) is 62.5 Å². The summed E-state index contributed by atoms with van der Waals surface area (Å²) < 4.78 is 19.0. The van der Waals surface area contributed by atoms with Gasteiger partial charge in [-0.05, 0) is 55.0 Å². The molecule has 0 spiro atoms. The molecule has 0 aliphatic rings. The molecular weight excluding hydrogens is 550 g/mol. The van der Waals surface area contributed by atoms with E-state index < -0.39 is 0 Å². The smallest absolute Gasteiger partial charge is 0.306 e. The minimum absolute atomic E-state index is 0.0259. The number of amides is 1. The van der Waals surface area contributed by atoms with Gasteiger partial charge >= 0.3 is 6.41 Å². The van der Waals surface area contributed by atoms with Crippen molar-refractivity contribution < 1.29 is 19.0 Å². The maximum Gasteiger partial charge on any atom is 0.306 e. The van der Waals surface area contributed by atoms with Crippen molar-refractivity contribution in [3.05, 3.63) is 82.3 Å². The quantitative estimate of drug-likeness (QED) is 0.105. The zero-order valence-corrected chi connectivity index (χ0v) is 26.4. The highest BCUT2D eigenvalue weighted by Gasteiger charge is 2.37. The topological polar surface area (TPSA) is 62.1 Å². The number of nitrogens with zero attached hydrogens (tertiary/aromatic N) is 3. The number of benzene rings is 2. The zero-order chi connectivity index (χ0) is 30.3. The van der Waals surface area contributed by atoms with Gasteiger partial charge in [-0.15, -0.1) is 0 Å². The van der Waals surface area contributed by atoms with Crippen LogP contribution in [-0.2, 0) is 24.2 Å². The van der Waals surface area contributed by atoms with Gasteiger partial charge in [0.25, 0.3) is 0 Å². The number of carbonyl (C=O) groups is 1. The summed E-state index contributed by atoms with van der Waals surface area (Å²) in [5, 5.41) is 0.364. The molecule has 0 aliphatic heterocycles. The number of ether oxygens (including phenoxy) is 3. The molecule has 4 aromatic rings. The molecule has 8 heteroatoms. The fourth-order valence-electron chi connectivity index (χ4n) is 5.51. The van der Waals surface area contributed by atoms with Crippen molar-refractivity contribution in [2.24, 2.45) is 5.92 Å². The van der Waals surface area contributed by atoms with Gasteiger partial charge in [0, 0.05) is 24.2 Å². The Kier molecular flexibility index (Phi) is 10.5. The number of aryl methyl sites for hydroxylation is 1. The normalized spacial score (nSPS) is 12.9. The molecule has 0 radical (unpaired) electrons. The number of methoxy groups -OCH3 is 3. The first kappa shape index (κ1) is 31.4. The van der Waals surface area contributed by atoms with Gasteiger partial charge in [-0.25, -0.2) is 14.3 Å². The van der Waals surface area contributed by atoms with E-state index in [1.54, 1.807) is 21.3 Å². The molecule has 0 fully saturated rings.